The number of pyridine rings is 1. The van der Waals surface area contributed by atoms with Crippen LogP contribution in [0.2, 0.25) is 0 Å². The summed E-state index contributed by atoms with van der Waals surface area (Å²) >= 11 is 11.6. The molecule has 3 N–H and O–H groups in total. The predicted molar refractivity (Wildman–Crippen MR) is 133 cm³/mol. The first-order valence-electron chi connectivity index (χ1n) is 11.3. The van der Waals surface area contributed by atoms with Crippen LogP contribution in [0.15, 0.2) is 24.4 Å². The van der Waals surface area contributed by atoms with Gasteiger partial charge in [0.15, 0.2) is 0 Å². The summed E-state index contributed by atoms with van der Waals surface area (Å²) in [5.41, 5.74) is 2.24. The molecule has 3 rings (SSSR count). The lowest BCUT2D eigenvalue weighted by atomic mass is 10.1. The van der Waals surface area contributed by atoms with Gasteiger partial charge in [-0.3, -0.25) is 19.4 Å². The van der Waals surface area contributed by atoms with Gasteiger partial charge in [0.1, 0.15) is 29.1 Å². The molecule has 0 aliphatic carbocycles. The third-order valence-corrected chi connectivity index (χ3v) is 6.01. The molecule has 3 heterocycles. The number of anilines is 1. The molecule has 2 amide bonds. The maximum Gasteiger partial charge on any atom is 0.270 e. The van der Waals surface area contributed by atoms with Crippen molar-refractivity contribution in [3.63, 3.8) is 0 Å². The van der Waals surface area contributed by atoms with Crippen molar-refractivity contribution in [1.29, 1.82) is 0 Å². The van der Waals surface area contributed by atoms with E-state index >= 15 is 0 Å². The molecule has 13 heteroatoms. The number of aryl methyl sites for hydroxylation is 2. The van der Waals surface area contributed by atoms with E-state index in [2.05, 4.69) is 30.9 Å². The van der Waals surface area contributed by atoms with Crippen LogP contribution in [0.5, 0.6) is 0 Å². The third-order valence-electron chi connectivity index (χ3n) is 5.58. The lowest BCUT2D eigenvalue weighted by Gasteiger charge is -2.19. The number of aromatic nitrogens is 5. The van der Waals surface area contributed by atoms with Crippen LogP contribution in [0.4, 0.5) is 14.6 Å². The molecule has 0 aliphatic heterocycles. The number of halogens is 4. The molecule has 0 spiro atoms. The van der Waals surface area contributed by atoms with Gasteiger partial charge < -0.3 is 10.6 Å². The number of hydrogen-bond donors (Lipinski definition) is 3. The van der Waals surface area contributed by atoms with E-state index in [1.54, 1.807) is 20.8 Å². The number of carbonyl (C=O) groups excluding carboxylic acids is 2. The largest absolute Gasteiger partial charge is 0.339 e. The number of rotatable bonds is 11. The highest BCUT2D eigenvalue weighted by molar-refractivity contribution is 6.44. The molecule has 36 heavy (non-hydrogen) atoms. The van der Waals surface area contributed by atoms with Gasteiger partial charge in [-0.25, -0.2) is 9.37 Å². The molecule has 1 unspecified atom stereocenters. The maximum absolute atomic E-state index is 14.8. The number of amides is 2. The first kappa shape index (κ1) is 27.5. The zero-order chi connectivity index (χ0) is 26.4. The number of alkyl halides is 3. The maximum atomic E-state index is 14.8. The van der Waals surface area contributed by atoms with Crippen LogP contribution < -0.4 is 10.6 Å². The van der Waals surface area contributed by atoms with Crippen LogP contribution in [0.3, 0.4) is 0 Å². The fourth-order valence-electron chi connectivity index (χ4n) is 3.74. The Hall–Kier alpha value is -3.05. The molecule has 0 aromatic carbocycles. The van der Waals surface area contributed by atoms with Gasteiger partial charge in [0.05, 0.1) is 11.7 Å². The highest BCUT2D eigenvalue weighted by Gasteiger charge is 2.25. The quantitative estimate of drug-likeness (QED) is 0.241. The van der Waals surface area contributed by atoms with Gasteiger partial charge in [0.2, 0.25) is 11.9 Å². The average Bonchev–Trinajstić information content (AvgIpc) is 3.45. The minimum Gasteiger partial charge on any atom is -0.339 e. The van der Waals surface area contributed by atoms with Crippen molar-refractivity contribution >= 4 is 40.8 Å². The Morgan fingerprint density at radius 3 is 2.56 bits per heavy atom. The van der Waals surface area contributed by atoms with Gasteiger partial charge in [0.25, 0.3) is 5.91 Å². The molecule has 9 nitrogen and oxygen atoms in total. The number of H-pyrrole nitrogens is 1. The van der Waals surface area contributed by atoms with Crippen LogP contribution in [0.1, 0.15) is 54.1 Å². The van der Waals surface area contributed by atoms with E-state index in [0.717, 1.165) is 0 Å². The number of aromatic amines is 1. The molecule has 0 bridgehead atoms. The van der Waals surface area contributed by atoms with E-state index in [1.807, 2.05) is 0 Å². The summed E-state index contributed by atoms with van der Waals surface area (Å²) in [6.45, 7) is 4.37. The molecule has 0 saturated carbocycles. The van der Waals surface area contributed by atoms with Crippen LogP contribution in [-0.4, -0.2) is 54.3 Å². The summed E-state index contributed by atoms with van der Waals surface area (Å²) in [4.78, 5) is 29.2. The van der Waals surface area contributed by atoms with Crippen LogP contribution in [0.25, 0.3) is 11.1 Å². The van der Waals surface area contributed by atoms with Crippen molar-refractivity contribution in [3.05, 3.63) is 47.4 Å². The van der Waals surface area contributed by atoms with Crippen molar-refractivity contribution in [2.24, 2.45) is 0 Å². The van der Waals surface area contributed by atoms with Gasteiger partial charge in [0, 0.05) is 23.0 Å². The van der Waals surface area contributed by atoms with Gasteiger partial charge in [-0.15, -0.1) is 23.2 Å². The summed E-state index contributed by atoms with van der Waals surface area (Å²) < 4.78 is 29.2. The monoisotopic (exact) mass is 541 g/mol. The summed E-state index contributed by atoms with van der Waals surface area (Å²) in [7, 11) is 0. The minimum atomic E-state index is -1.02. The number of hydrogen-bond acceptors (Lipinski definition) is 5. The fraction of sp³-hybridized carbons (Fsp3) is 0.435. The van der Waals surface area contributed by atoms with Crippen molar-refractivity contribution in [3.8, 4) is 11.1 Å². The van der Waals surface area contributed by atoms with Crippen LogP contribution in [-0.2, 0) is 4.79 Å². The molecule has 0 saturated heterocycles. The second kappa shape index (κ2) is 12.3. The van der Waals surface area contributed by atoms with Gasteiger partial charge in [-0.05, 0) is 58.2 Å². The van der Waals surface area contributed by atoms with Gasteiger partial charge >= 0.3 is 0 Å². The first-order chi connectivity index (χ1) is 17.1. The Morgan fingerprint density at radius 1 is 1.19 bits per heavy atom. The summed E-state index contributed by atoms with van der Waals surface area (Å²) in [6.07, 6.45) is 2.40. The lowest BCUT2D eigenvalue weighted by molar-refractivity contribution is -0.118. The number of carbonyl (C=O) groups is 2. The smallest absolute Gasteiger partial charge is 0.270 e. The third kappa shape index (κ3) is 6.58. The lowest BCUT2D eigenvalue weighted by Crippen LogP contribution is -2.44. The van der Waals surface area contributed by atoms with E-state index in [1.165, 1.54) is 29.1 Å². The molecular formula is C23H27Cl2F2N7O2. The standard InChI is InChI=1S/C23H27Cl2F2N7O2/c1-12(11-26)34-17(9-10-28-34)23(36)29-16(5-4-6-18(24)25)22(35)31-19-8-7-15(21(27)30-19)20-13(2)32-33-14(20)3/h7-10,12,16,18H,4-6,11H2,1-3H3,(H,29,36)(H,32,33)(H,30,31,35)/t12?,16-/m0/s1. The highest BCUT2D eigenvalue weighted by Crippen LogP contribution is 2.28. The van der Waals surface area contributed by atoms with E-state index in [0.29, 0.717) is 29.8 Å². The number of nitrogens with one attached hydrogen (secondary N) is 3. The van der Waals surface area contributed by atoms with Crippen molar-refractivity contribution < 1.29 is 18.4 Å². The van der Waals surface area contributed by atoms with Crippen LogP contribution >= 0.6 is 23.2 Å². The molecule has 0 fully saturated rings. The van der Waals surface area contributed by atoms with E-state index in [4.69, 9.17) is 23.2 Å². The van der Waals surface area contributed by atoms with E-state index in [9.17, 15) is 18.4 Å². The average molecular weight is 542 g/mol. The zero-order valence-corrected chi connectivity index (χ0v) is 21.5. The first-order valence-corrected chi connectivity index (χ1v) is 12.2. The number of nitrogens with zero attached hydrogens (tertiary/aromatic N) is 4. The molecular weight excluding hydrogens is 515 g/mol. The molecule has 3 aromatic heterocycles. The zero-order valence-electron chi connectivity index (χ0n) is 20.0. The SMILES string of the molecule is Cc1n[nH]c(C)c1-c1ccc(NC(=O)[C@H](CCCC(Cl)Cl)NC(=O)c2ccnn2C(C)CF)nc1F. The molecule has 3 aromatic rings. The Kier molecular flexibility index (Phi) is 9.38. The van der Waals surface area contributed by atoms with E-state index < -0.39 is 41.4 Å². The van der Waals surface area contributed by atoms with Crippen molar-refractivity contribution in [1.82, 2.24) is 30.3 Å². The molecule has 0 radical (unpaired) electrons. The second-order valence-electron chi connectivity index (χ2n) is 8.35. The summed E-state index contributed by atoms with van der Waals surface area (Å²) in [5, 5.41) is 16.0. The van der Waals surface area contributed by atoms with Crippen LogP contribution in [0, 0.1) is 19.8 Å². The van der Waals surface area contributed by atoms with Crippen molar-refractivity contribution in [2.75, 3.05) is 12.0 Å². The minimum absolute atomic E-state index is 0.0250. The van der Waals surface area contributed by atoms with Crippen molar-refractivity contribution in [2.45, 2.75) is 57.0 Å². The summed E-state index contributed by atoms with van der Waals surface area (Å²) in [6, 6.07) is 2.72. The molecule has 0 aliphatic rings. The molecule has 194 valence electrons. The highest BCUT2D eigenvalue weighted by atomic mass is 35.5. The Morgan fingerprint density at radius 2 is 1.94 bits per heavy atom. The van der Waals surface area contributed by atoms with E-state index in [-0.39, 0.29) is 23.5 Å². The molecule has 2 atom stereocenters. The second-order valence-corrected chi connectivity index (χ2v) is 9.62. The van der Waals surface area contributed by atoms with Gasteiger partial charge in [-0.2, -0.15) is 14.6 Å². The Bertz CT molecular complexity index is 1200. The Balaban J connectivity index is 1.78. The normalized spacial score (nSPS) is 13.0. The Labute approximate surface area is 217 Å². The van der Waals surface area contributed by atoms with Gasteiger partial charge in [-0.1, -0.05) is 0 Å². The summed E-state index contributed by atoms with van der Waals surface area (Å²) in [5.74, 6) is -2.02. The topological polar surface area (TPSA) is 118 Å². The predicted octanol–water partition coefficient (Wildman–Crippen LogP) is 4.67. The fourth-order valence-corrected chi connectivity index (χ4v) is 4.05.